The van der Waals surface area contributed by atoms with Crippen molar-refractivity contribution >= 4 is 39.9 Å². The minimum Gasteiger partial charge on any atom is -0.444 e. The minimum absolute atomic E-state index is 0.00709. The lowest BCUT2D eigenvalue weighted by Crippen LogP contribution is -2.59. The Morgan fingerprint density at radius 1 is 1.11 bits per heavy atom. The first kappa shape index (κ1) is 40.5. The van der Waals surface area contributed by atoms with Gasteiger partial charge in [0.25, 0.3) is 5.91 Å². The van der Waals surface area contributed by atoms with Crippen LogP contribution in [-0.4, -0.2) is 88.7 Å². The molecule has 3 N–H and O–H groups in total. The molecule has 1 saturated heterocycles. The van der Waals surface area contributed by atoms with Crippen LogP contribution in [0.15, 0.2) is 30.4 Å². The molecule has 3 heterocycles. The quantitative estimate of drug-likeness (QED) is 0.352. The Morgan fingerprint density at radius 3 is 2.49 bits per heavy atom. The third-order valence-corrected chi connectivity index (χ3v) is 13.9. The maximum atomic E-state index is 14.8. The number of nitrogens with zero attached hydrogens (tertiary/aromatic N) is 2. The van der Waals surface area contributed by atoms with Crippen molar-refractivity contribution in [2.24, 2.45) is 17.8 Å². The number of halogens is 1. The van der Waals surface area contributed by atoms with Crippen molar-refractivity contribution in [3.05, 3.63) is 47.3 Å². The van der Waals surface area contributed by atoms with Crippen LogP contribution in [0.25, 0.3) is 0 Å². The molecule has 1 aromatic rings. The van der Waals surface area contributed by atoms with Crippen LogP contribution in [0, 0.1) is 23.6 Å². The predicted octanol–water partition coefficient (Wildman–Crippen LogP) is 4.42. The summed E-state index contributed by atoms with van der Waals surface area (Å²) in [5.74, 6) is -3.33. The Hall–Kier alpha value is -4.21. The molecule has 16 heteroatoms. The van der Waals surface area contributed by atoms with Gasteiger partial charge in [-0.15, -0.1) is 0 Å². The van der Waals surface area contributed by atoms with Gasteiger partial charge in [0.15, 0.2) is 0 Å². The normalized spacial score (nSPS) is 31.0. The molecule has 2 aliphatic carbocycles. The molecule has 0 spiro atoms. The lowest BCUT2D eigenvalue weighted by molar-refractivity contribution is -0.142. The van der Waals surface area contributed by atoms with E-state index in [1.165, 1.54) is 15.9 Å². The van der Waals surface area contributed by atoms with E-state index < -0.39 is 85.7 Å². The molecule has 5 amide bonds. The van der Waals surface area contributed by atoms with E-state index in [4.69, 9.17) is 9.47 Å². The zero-order valence-corrected chi connectivity index (χ0v) is 33.3. The Bertz CT molecular complexity index is 1860. The lowest BCUT2D eigenvalue weighted by atomic mass is 9.85. The van der Waals surface area contributed by atoms with Gasteiger partial charge in [-0.1, -0.05) is 44.6 Å². The van der Waals surface area contributed by atoms with Gasteiger partial charge in [-0.2, -0.15) is 0 Å². The molecular formula is C39H54FN5O9S. The summed E-state index contributed by atoms with van der Waals surface area (Å²) in [6, 6.07) is 2.25. The van der Waals surface area contributed by atoms with Crippen LogP contribution in [0.2, 0.25) is 0 Å². The van der Waals surface area contributed by atoms with E-state index in [1.807, 2.05) is 19.1 Å². The van der Waals surface area contributed by atoms with E-state index in [9.17, 15) is 36.8 Å². The van der Waals surface area contributed by atoms with Gasteiger partial charge < -0.3 is 25.0 Å². The number of carbonyl (C=O) groups is 5. The SMILES string of the molecule is CC[C@@H]1CC(C)CC/C=C\[C@@H]2C[C@@]2(C(=O)NS(=O)(=O)C2(C)CC2)NC(=O)[C@@H]2C[C@@H](OC(=O)N3Cc4cccc(F)c4C3)CN2C(=O)[C@H]1NC(=O)OC(C)(C)C. The highest BCUT2D eigenvalue weighted by Crippen LogP contribution is 2.47. The van der Waals surface area contributed by atoms with E-state index in [1.54, 1.807) is 39.8 Å². The number of sulfonamides is 1. The number of benzene rings is 1. The molecule has 2 saturated carbocycles. The van der Waals surface area contributed by atoms with Crippen LogP contribution in [0.1, 0.15) is 104 Å². The molecule has 14 nitrogen and oxygen atoms in total. The van der Waals surface area contributed by atoms with Gasteiger partial charge >= 0.3 is 12.2 Å². The summed E-state index contributed by atoms with van der Waals surface area (Å²) in [7, 11) is -4.03. The smallest absolute Gasteiger partial charge is 0.410 e. The van der Waals surface area contributed by atoms with Crippen LogP contribution in [0.3, 0.4) is 0 Å². The van der Waals surface area contributed by atoms with E-state index in [-0.39, 0.29) is 44.3 Å². The number of hydrogen-bond acceptors (Lipinski definition) is 9. The van der Waals surface area contributed by atoms with Crippen LogP contribution in [-0.2, 0) is 47.0 Å². The Balaban J connectivity index is 1.31. The van der Waals surface area contributed by atoms with Gasteiger partial charge in [0.1, 0.15) is 35.1 Å². The summed E-state index contributed by atoms with van der Waals surface area (Å²) in [6.45, 7) is 10.6. The zero-order valence-electron chi connectivity index (χ0n) is 32.5. The van der Waals surface area contributed by atoms with Crippen molar-refractivity contribution in [3.63, 3.8) is 0 Å². The highest BCUT2D eigenvalue weighted by molar-refractivity contribution is 7.91. The molecule has 302 valence electrons. The number of nitrogens with one attached hydrogen (secondary N) is 3. The molecule has 3 fully saturated rings. The highest BCUT2D eigenvalue weighted by atomic mass is 32.2. The summed E-state index contributed by atoms with van der Waals surface area (Å²) in [5.41, 5.74) is -1.41. The molecule has 5 aliphatic rings. The largest absolute Gasteiger partial charge is 0.444 e. The maximum absolute atomic E-state index is 14.8. The number of hydrogen-bond donors (Lipinski definition) is 3. The van der Waals surface area contributed by atoms with Crippen molar-refractivity contribution in [1.82, 2.24) is 25.2 Å². The fraction of sp³-hybridized carbons (Fsp3) is 0.667. The average molecular weight is 788 g/mol. The maximum Gasteiger partial charge on any atom is 0.410 e. The van der Waals surface area contributed by atoms with Gasteiger partial charge in [0, 0.05) is 24.4 Å². The van der Waals surface area contributed by atoms with E-state index in [2.05, 4.69) is 22.3 Å². The van der Waals surface area contributed by atoms with Crippen LogP contribution in [0.4, 0.5) is 14.0 Å². The molecule has 6 rings (SSSR count). The van der Waals surface area contributed by atoms with Crippen LogP contribution in [0.5, 0.6) is 0 Å². The van der Waals surface area contributed by atoms with Crippen molar-refractivity contribution in [3.8, 4) is 0 Å². The summed E-state index contributed by atoms with van der Waals surface area (Å²) in [4.78, 5) is 72.4. The second-order valence-electron chi connectivity index (χ2n) is 17.3. The molecule has 55 heavy (non-hydrogen) atoms. The lowest BCUT2D eigenvalue weighted by Gasteiger charge is -2.34. The second-order valence-corrected chi connectivity index (χ2v) is 19.5. The first-order valence-corrected chi connectivity index (χ1v) is 20.8. The van der Waals surface area contributed by atoms with Crippen LogP contribution >= 0.6 is 0 Å². The molecule has 0 bridgehead atoms. The summed E-state index contributed by atoms with van der Waals surface area (Å²) >= 11 is 0. The standard InChI is InChI=1S/C39H54FN5O9S/c1-7-24-17-23(2)11-8-9-13-26-19-39(26,34(48)43-55(51,52)38(6)15-16-38)42-32(46)30-18-27(21-45(30)33(47)31(24)41-35(49)54-37(3,4)5)53-36(50)44-20-25-12-10-14-29(40)28(25)22-44/h9-10,12-14,23-24,26-27,30-31H,7-8,11,15-22H2,1-6H3,(H,41,49)(H,42,46)(H,43,48)/b13-9-/t23?,24-,26-,27-,30+,31+,39-/m1/s1. The van der Waals surface area contributed by atoms with Gasteiger partial charge in [0.05, 0.1) is 17.8 Å². The zero-order chi connectivity index (χ0) is 40.1. The monoisotopic (exact) mass is 787 g/mol. The number of ether oxygens (including phenoxy) is 2. The van der Waals surface area contributed by atoms with Crippen LogP contribution < -0.4 is 15.4 Å². The number of amides is 5. The topological polar surface area (TPSA) is 181 Å². The van der Waals surface area contributed by atoms with Gasteiger partial charge in [-0.25, -0.2) is 22.4 Å². The van der Waals surface area contributed by atoms with Crippen molar-refractivity contribution in [2.75, 3.05) is 6.54 Å². The third-order valence-electron chi connectivity index (χ3n) is 11.7. The highest BCUT2D eigenvalue weighted by Gasteiger charge is 2.63. The molecule has 1 aromatic carbocycles. The average Bonchev–Trinajstić information content (AvgIpc) is 3.89. The number of rotatable bonds is 6. The van der Waals surface area contributed by atoms with E-state index in [0.29, 0.717) is 43.2 Å². The van der Waals surface area contributed by atoms with Crippen molar-refractivity contribution in [1.29, 1.82) is 0 Å². The third kappa shape index (κ3) is 8.63. The Morgan fingerprint density at radius 2 is 1.84 bits per heavy atom. The second kappa shape index (κ2) is 15.0. The Kier molecular flexibility index (Phi) is 11.1. The number of alkyl carbamates (subject to hydrolysis) is 1. The minimum atomic E-state index is -4.03. The van der Waals surface area contributed by atoms with Gasteiger partial charge in [-0.3, -0.25) is 24.0 Å². The summed E-state index contributed by atoms with van der Waals surface area (Å²) in [6.07, 6.45) is 4.53. The molecule has 3 aliphatic heterocycles. The number of fused-ring (bicyclic) bond motifs is 3. The van der Waals surface area contributed by atoms with Crippen molar-refractivity contribution < 1.29 is 46.3 Å². The number of carbonyl (C=O) groups excluding carboxylic acids is 5. The summed E-state index contributed by atoms with van der Waals surface area (Å²) < 4.78 is 53.4. The fourth-order valence-electron chi connectivity index (χ4n) is 7.98. The molecule has 0 aromatic heterocycles. The molecule has 1 unspecified atom stereocenters. The fourth-order valence-corrected chi connectivity index (χ4v) is 9.29. The molecular weight excluding hydrogens is 734 g/mol. The summed E-state index contributed by atoms with van der Waals surface area (Å²) in [5, 5.41) is 5.62. The van der Waals surface area contributed by atoms with E-state index in [0.717, 1.165) is 6.42 Å². The predicted molar refractivity (Wildman–Crippen MR) is 199 cm³/mol. The molecule has 7 atom stereocenters. The number of allylic oxidation sites excluding steroid dienone is 1. The molecule has 0 radical (unpaired) electrons. The van der Waals surface area contributed by atoms with Gasteiger partial charge in [0.2, 0.25) is 21.8 Å². The Labute approximate surface area is 322 Å². The first-order valence-electron chi connectivity index (χ1n) is 19.3. The van der Waals surface area contributed by atoms with Gasteiger partial charge in [-0.05, 0) is 89.7 Å². The first-order chi connectivity index (χ1) is 25.8. The van der Waals surface area contributed by atoms with E-state index >= 15 is 0 Å². The van der Waals surface area contributed by atoms with Crippen molar-refractivity contribution in [2.45, 2.75) is 140 Å².